The van der Waals surface area contributed by atoms with E-state index in [-0.39, 0.29) is 30.4 Å². The Balaban J connectivity index is 1.36. The average molecular weight is 501 g/mol. The normalized spacial score (nSPS) is 19.0. The number of β-lactam (4-membered cyclic amide) rings is 1. The van der Waals surface area contributed by atoms with Gasteiger partial charge in [0.2, 0.25) is 0 Å². The Morgan fingerprint density at radius 3 is 2.57 bits per heavy atom. The van der Waals surface area contributed by atoms with Crippen molar-refractivity contribution in [3.63, 3.8) is 0 Å². The van der Waals surface area contributed by atoms with E-state index < -0.39 is 35.2 Å². The van der Waals surface area contributed by atoms with E-state index in [1.54, 1.807) is 6.07 Å². The zero-order chi connectivity index (χ0) is 25.1. The molecule has 3 heterocycles. The van der Waals surface area contributed by atoms with Crippen molar-refractivity contribution in [2.75, 3.05) is 12.4 Å². The number of aliphatic carboxylic acids is 1. The van der Waals surface area contributed by atoms with Gasteiger partial charge in [-0.15, -0.1) is 11.8 Å². The maximum absolute atomic E-state index is 12.7. The number of furan rings is 1. The summed E-state index contributed by atoms with van der Waals surface area (Å²) in [6.07, 6.45) is 0.931. The number of amides is 2. The molecule has 0 aliphatic carbocycles. The van der Waals surface area contributed by atoms with Crippen LogP contribution in [0.5, 0.6) is 5.75 Å². The number of esters is 1. The standard InChI is InChI=1S/C24H24N2O8S/c1-3-14-4-6-16(7-5-14)33-11-17-8-9-18(34-17)21(28)25-19-22(29)26-20(24(30)31)15(10-32-13(2)27)12-35-23(19)26/h4-9,19,23H,3,10-12H2,1-2H3,(H,25,28)(H,30,31)/t19-,23-/m0/s1. The van der Waals surface area contributed by atoms with Crippen LogP contribution in [0.3, 0.4) is 0 Å². The topological polar surface area (TPSA) is 135 Å². The van der Waals surface area contributed by atoms with E-state index in [9.17, 15) is 24.3 Å². The van der Waals surface area contributed by atoms with Crippen molar-refractivity contribution in [2.45, 2.75) is 38.3 Å². The molecule has 11 heteroatoms. The van der Waals surface area contributed by atoms with Gasteiger partial charge in [0, 0.05) is 18.2 Å². The third-order valence-electron chi connectivity index (χ3n) is 5.58. The number of ether oxygens (including phenoxy) is 2. The number of hydrogen-bond acceptors (Lipinski definition) is 8. The molecule has 1 aromatic heterocycles. The predicted molar refractivity (Wildman–Crippen MR) is 125 cm³/mol. The summed E-state index contributed by atoms with van der Waals surface area (Å²) in [5, 5.41) is 11.6. The van der Waals surface area contributed by atoms with E-state index in [0.29, 0.717) is 17.1 Å². The maximum Gasteiger partial charge on any atom is 0.352 e. The van der Waals surface area contributed by atoms with E-state index in [0.717, 1.165) is 11.3 Å². The zero-order valence-corrected chi connectivity index (χ0v) is 19.9. The number of thioether (sulfide) groups is 1. The van der Waals surface area contributed by atoms with Crippen LogP contribution >= 0.6 is 11.8 Å². The highest BCUT2D eigenvalue weighted by molar-refractivity contribution is 8.00. The van der Waals surface area contributed by atoms with Crippen molar-refractivity contribution in [3.05, 3.63) is 64.8 Å². The number of carboxylic acid groups (broad SMARTS) is 1. The van der Waals surface area contributed by atoms with E-state index in [1.165, 1.54) is 30.3 Å². The van der Waals surface area contributed by atoms with Crippen molar-refractivity contribution in [1.29, 1.82) is 0 Å². The lowest BCUT2D eigenvalue weighted by Crippen LogP contribution is -2.70. The average Bonchev–Trinajstić information content (AvgIpc) is 3.33. The SMILES string of the molecule is CCc1ccc(OCc2ccc(C(=O)N[C@H]3C(=O)N4C(C(=O)O)=C(COC(C)=O)CS[C@@H]34)o2)cc1. The number of fused-ring (bicyclic) bond motifs is 1. The summed E-state index contributed by atoms with van der Waals surface area (Å²) in [5.74, 6) is -1.61. The van der Waals surface area contributed by atoms with Crippen molar-refractivity contribution in [3.8, 4) is 5.75 Å². The summed E-state index contributed by atoms with van der Waals surface area (Å²) < 4.78 is 16.2. The van der Waals surface area contributed by atoms with Gasteiger partial charge in [-0.3, -0.25) is 19.3 Å². The minimum Gasteiger partial charge on any atom is -0.486 e. The number of carbonyl (C=O) groups excluding carboxylic acids is 3. The minimum atomic E-state index is -1.30. The summed E-state index contributed by atoms with van der Waals surface area (Å²) in [6, 6.07) is 9.88. The van der Waals surface area contributed by atoms with Gasteiger partial charge >= 0.3 is 11.9 Å². The van der Waals surface area contributed by atoms with Crippen LogP contribution in [0.2, 0.25) is 0 Å². The Morgan fingerprint density at radius 2 is 1.91 bits per heavy atom. The molecule has 1 fully saturated rings. The first-order valence-corrected chi connectivity index (χ1v) is 12.0. The molecule has 0 unspecified atom stereocenters. The number of rotatable bonds is 9. The summed E-state index contributed by atoms with van der Waals surface area (Å²) >= 11 is 1.28. The Kier molecular flexibility index (Phi) is 7.15. The van der Waals surface area contributed by atoms with Crippen molar-refractivity contribution < 1.29 is 38.2 Å². The Morgan fingerprint density at radius 1 is 1.17 bits per heavy atom. The van der Waals surface area contributed by atoms with Crippen LogP contribution in [0.1, 0.15) is 35.7 Å². The second kappa shape index (κ2) is 10.3. The monoisotopic (exact) mass is 500 g/mol. The fourth-order valence-electron chi connectivity index (χ4n) is 3.75. The number of hydrogen-bond donors (Lipinski definition) is 2. The summed E-state index contributed by atoms with van der Waals surface area (Å²) in [6.45, 7) is 3.20. The van der Waals surface area contributed by atoms with Gasteiger partial charge in [0.25, 0.3) is 11.8 Å². The smallest absolute Gasteiger partial charge is 0.352 e. The quantitative estimate of drug-likeness (QED) is 0.393. The number of nitrogens with one attached hydrogen (secondary N) is 1. The van der Waals surface area contributed by atoms with Gasteiger partial charge < -0.3 is 24.3 Å². The molecule has 1 saturated heterocycles. The molecule has 4 rings (SSSR count). The molecule has 35 heavy (non-hydrogen) atoms. The van der Waals surface area contributed by atoms with Gasteiger partial charge in [0.05, 0.1) is 0 Å². The minimum absolute atomic E-state index is 0.0153. The third-order valence-corrected chi connectivity index (χ3v) is 6.92. The maximum atomic E-state index is 12.7. The molecule has 1 aromatic carbocycles. The molecule has 2 N–H and O–H groups in total. The Hall–Kier alpha value is -3.73. The largest absolute Gasteiger partial charge is 0.486 e. The molecular formula is C24H24N2O8S. The summed E-state index contributed by atoms with van der Waals surface area (Å²) in [5.41, 5.74) is 1.31. The van der Waals surface area contributed by atoms with Crippen LogP contribution in [0.25, 0.3) is 0 Å². The van der Waals surface area contributed by atoms with Gasteiger partial charge in [-0.2, -0.15) is 0 Å². The van der Waals surface area contributed by atoms with Crippen molar-refractivity contribution in [2.24, 2.45) is 0 Å². The van der Waals surface area contributed by atoms with Crippen molar-refractivity contribution >= 4 is 35.5 Å². The fraction of sp³-hybridized carbons (Fsp3) is 0.333. The van der Waals surface area contributed by atoms with E-state index in [4.69, 9.17) is 13.9 Å². The molecule has 0 spiro atoms. The first-order chi connectivity index (χ1) is 16.8. The van der Waals surface area contributed by atoms with Gasteiger partial charge in [0.15, 0.2) is 5.76 Å². The lowest BCUT2D eigenvalue weighted by Gasteiger charge is -2.49. The Bertz CT molecular complexity index is 1190. The lowest BCUT2D eigenvalue weighted by atomic mass is 10.0. The van der Waals surface area contributed by atoms with Gasteiger partial charge in [-0.1, -0.05) is 19.1 Å². The first kappa shape index (κ1) is 24.4. The lowest BCUT2D eigenvalue weighted by molar-refractivity contribution is -0.149. The molecule has 0 saturated carbocycles. The van der Waals surface area contributed by atoms with Crippen LogP contribution in [0.15, 0.2) is 52.1 Å². The molecular weight excluding hydrogens is 476 g/mol. The highest BCUT2D eigenvalue weighted by Gasteiger charge is 2.54. The van der Waals surface area contributed by atoms with Gasteiger partial charge in [0.1, 0.15) is 41.8 Å². The van der Waals surface area contributed by atoms with Crippen LogP contribution in [-0.2, 0) is 32.1 Å². The van der Waals surface area contributed by atoms with Crippen LogP contribution in [0.4, 0.5) is 0 Å². The van der Waals surface area contributed by atoms with Gasteiger partial charge in [-0.05, 0) is 36.2 Å². The van der Waals surface area contributed by atoms with Crippen molar-refractivity contribution in [1.82, 2.24) is 10.2 Å². The highest BCUT2D eigenvalue weighted by atomic mass is 32.2. The molecule has 2 aromatic rings. The molecule has 2 amide bonds. The van der Waals surface area contributed by atoms with Crippen LogP contribution in [-0.4, -0.2) is 57.5 Å². The number of carbonyl (C=O) groups is 4. The second-order valence-electron chi connectivity index (χ2n) is 7.95. The number of carboxylic acids is 1. The summed E-state index contributed by atoms with van der Waals surface area (Å²) in [7, 11) is 0. The fourth-order valence-corrected chi connectivity index (χ4v) is 5.08. The van der Waals surface area contributed by atoms with Crippen LogP contribution < -0.4 is 10.1 Å². The zero-order valence-electron chi connectivity index (χ0n) is 19.1. The molecule has 0 radical (unpaired) electrons. The van der Waals surface area contributed by atoms with E-state index >= 15 is 0 Å². The second-order valence-corrected chi connectivity index (χ2v) is 9.06. The first-order valence-electron chi connectivity index (χ1n) is 10.9. The van der Waals surface area contributed by atoms with E-state index in [1.807, 2.05) is 24.3 Å². The summed E-state index contributed by atoms with van der Waals surface area (Å²) in [4.78, 5) is 49.4. The number of nitrogens with zero attached hydrogens (tertiary/aromatic N) is 1. The molecule has 0 bridgehead atoms. The molecule has 10 nitrogen and oxygen atoms in total. The molecule has 2 aliphatic rings. The van der Waals surface area contributed by atoms with Gasteiger partial charge in [-0.25, -0.2) is 4.79 Å². The highest BCUT2D eigenvalue weighted by Crippen LogP contribution is 2.40. The molecule has 2 aliphatic heterocycles. The number of aryl methyl sites for hydroxylation is 1. The number of benzene rings is 1. The van der Waals surface area contributed by atoms with Crippen LogP contribution in [0, 0.1) is 0 Å². The molecule has 184 valence electrons. The Labute approximate surface area is 205 Å². The third kappa shape index (κ3) is 5.19. The van der Waals surface area contributed by atoms with E-state index in [2.05, 4.69) is 12.2 Å². The predicted octanol–water partition coefficient (Wildman–Crippen LogP) is 2.34. The molecule has 2 atom stereocenters.